The summed E-state index contributed by atoms with van der Waals surface area (Å²) in [5.41, 5.74) is 5.90. The number of carbonyl (C=O) groups is 1. The summed E-state index contributed by atoms with van der Waals surface area (Å²) in [5, 5.41) is 0. The van der Waals surface area contributed by atoms with Gasteiger partial charge < -0.3 is 9.47 Å². The molecule has 0 bridgehead atoms. The van der Waals surface area contributed by atoms with Gasteiger partial charge in [-0.15, -0.1) is 0 Å². The molecule has 142 valence electrons. The highest BCUT2D eigenvalue weighted by atomic mass is 32.2. The van der Waals surface area contributed by atoms with Crippen molar-refractivity contribution < 1.29 is 27.1 Å². The minimum atomic E-state index is -3.53. The Morgan fingerprint density at radius 2 is 1.81 bits per heavy atom. The Balaban J connectivity index is 1.80. The van der Waals surface area contributed by atoms with Crippen LogP contribution in [0.3, 0.4) is 0 Å². The van der Waals surface area contributed by atoms with E-state index in [0.29, 0.717) is 22.8 Å². The maximum atomic E-state index is 13.6. The molecule has 7 nitrogen and oxygen atoms in total. The Kier molecular flexibility index (Phi) is 5.04. The van der Waals surface area contributed by atoms with Crippen LogP contribution in [-0.4, -0.2) is 34.3 Å². The number of hydrazine groups is 1. The number of nitrogens with one attached hydrogen (secondary N) is 2. The molecule has 9 heteroatoms. The van der Waals surface area contributed by atoms with Crippen LogP contribution >= 0.6 is 0 Å². The fourth-order valence-corrected chi connectivity index (χ4v) is 4.01. The average molecular weight is 392 g/mol. The summed E-state index contributed by atoms with van der Waals surface area (Å²) >= 11 is 0. The first kappa shape index (κ1) is 18.7. The Hall–Kier alpha value is -3.07. The van der Waals surface area contributed by atoms with Gasteiger partial charge in [-0.3, -0.25) is 15.6 Å². The number of rotatable bonds is 5. The quantitative estimate of drug-likeness (QED) is 0.596. The van der Waals surface area contributed by atoms with Gasteiger partial charge in [0.1, 0.15) is 5.82 Å². The molecular weight excluding hydrogens is 375 g/mol. The molecule has 0 aromatic heterocycles. The van der Waals surface area contributed by atoms with Gasteiger partial charge in [0.05, 0.1) is 30.6 Å². The summed E-state index contributed by atoms with van der Waals surface area (Å²) < 4.78 is 48.1. The third-order valence-corrected chi connectivity index (χ3v) is 5.66. The van der Waals surface area contributed by atoms with Crippen molar-refractivity contribution in [3.05, 3.63) is 59.4 Å². The van der Waals surface area contributed by atoms with Crippen molar-refractivity contribution in [3.8, 4) is 11.5 Å². The van der Waals surface area contributed by atoms with Gasteiger partial charge in [-0.25, -0.2) is 12.8 Å². The molecule has 1 aliphatic heterocycles. The predicted molar refractivity (Wildman–Crippen MR) is 96.6 cm³/mol. The van der Waals surface area contributed by atoms with Crippen molar-refractivity contribution in [1.82, 2.24) is 10.9 Å². The van der Waals surface area contributed by atoms with E-state index in [2.05, 4.69) is 10.9 Å². The van der Waals surface area contributed by atoms with Gasteiger partial charge in [0.2, 0.25) is 0 Å². The van der Waals surface area contributed by atoms with Crippen LogP contribution in [0.2, 0.25) is 0 Å². The maximum absolute atomic E-state index is 13.6. The smallest absolute Gasteiger partial charge is 0.269 e. The van der Waals surface area contributed by atoms with Gasteiger partial charge in [0.25, 0.3) is 5.91 Å². The maximum Gasteiger partial charge on any atom is 0.269 e. The zero-order valence-electron chi connectivity index (χ0n) is 14.6. The molecule has 2 aromatic rings. The normalized spacial score (nSPS) is 14.6. The Labute approximate surface area is 155 Å². The molecule has 27 heavy (non-hydrogen) atoms. The van der Waals surface area contributed by atoms with Gasteiger partial charge in [-0.2, -0.15) is 0 Å². The summed E-state index contributed by atoms with van der Waals surface area (Å²) in [6.07, 6.45) is 1.38. The van der Waals surface area contributed by atoms with E-state index in [0.717, 1.165) is 12.1 Å². The standard InChI is InChI=1S/C18H17FN2O5S/c1-25-15-5-3-11(9-16(15)26-2)18(22)21-20-14-7-8-27(23,24)17-6-4-12(19)10-13(14)17/h3-7,9-10,20H,8H2,1-2H3,(H,21,22). The van der Waals surface area contributed by atoms with Crippen molar-refractivity contribution in [2.24, 2.45) is 0 Å². The largest absolute Gasteiger partial charge is 0.493 e. The molecule has 0 aliphatic carbocycles. The number of ether oxygens (including phenoxy) is 2. The van der Waals surface area contributed by atoms with E-state index in [9.17, 15) is 17.6 Å². The predicted octanol–water partition coefficient (Wildman–Crippen LogP) is 1.91. The first-order valence-corrected chi connectivity index (χ1v) is 9.52. The molecule has 0 saturated carbocycles. The van der Waals surface area contributed by atoms with Gasteiger partial charge >= 0.3 is 0 Å². The topological polar surface area (TPSA) is 93.7 Å². The van der Waals surface area contributed by atoms with Crippen molar-refractivity contribution >= 4 is 21.4 Å². The monoisotopic (exact) mass is 392 g/mol. The molecule has 0 spiro atoms. The van der Waals surface area contributed by atoms with Gasteiger partial charge in [-0.1, -0.05) is 0 Å². The first-order valence-electron chi connectivity index (χ1n) is 7.87. The SMILES string of the molecule is COc1ccc(C(=O)NNC2=CCS(=O)(=O)c3ccc(F)cc32)cc1OC. The van der Waals surface area contributed by atoms with Crippen LogP contribution in [0, 0.1) is 5.82 Å². The molecule has 0 radical (unpaired) electrons. The lowest BCUT2D eigenvalue weighted by molar-refractivity contribution is 0.0942. The van der Waals surface area contributed by atoms with E-state index < -0.39 is 21.6 Å². The molecular formula is C18H17FN2O5S. The second-order valence-electron chi connectivity index (χ2n) is 5.69. The third kappa shape index (κ3) is 3.72. The molecule has 1 heterocycles. The number of carbonyl (C=O) groups excluding carboxylic acids is 1. The molecule has 0 unspecified atom stereocenters. The van der Waals surface area contributed by atoms with E-state index in [1.165, 1.54) is 32.4 Å². The molecule has 0 fully saturated rings. The number of fused-ring (bicyclic) bond motifs is 1. The molecule has 2 aromatic carbocycles. The van der Waals surface area contributed by atoms with Crippen molar-refractivity contribution in [2.75, 3.05) is 20.0 Å². The van der Waals surface area contributed by atoms with Crippen LogP contribution in [0.5, 0.6) is 11.5 Å². The second kappa shape index (κ2) is 7.28. The van der Waals surface area contributed by atoms with Crippen LogP contribution in [0.15, 0.2) is 47.4 Å². The van der Waals surface area contributed by atoms with Crippen molar-refractivity contribution in [3.63, 3.8) is 0 Å². The molecule has 2 N–H and O–H groups in total. The number of amides is 1. The minimum absolute atomic E-state index is 0.00858. The fraction of sp³-hybridized carbons (Fsp3) is 0.167. The summed E-state index contributed by atoms with van der Waals surface area (Å²) in [6.45, 7) is 0. The van der Waals surface area contributed by atoms with E-state index in [1.807, 2.05) is 0 Å². The van der Waals surface area contributed by atoms with Gasteiger partial charge in [-0.05, 0) is 42.5 Å². The zero-order valence-corrected chi connectivity index (χ0v) is 15.4. The van der Waals surface area contributed by atoms with Crippen LogP contribution in [0.25, 0.3) is 5.70 Å². The highest BCUT2D eigenvalue weighted by Gasteiger charge is 2.25. The molecule has 3 rings (SSSR count). The van der Waals surface area contributed by atoms with E-state index in [-0.39, 0.29) is 16.2 Å². The molecule has 0 saturated heterocycles. The van der Waals surface area contributed by atoms with Gasteiger partial charge in [0.15, 0.2) is 21.3 Å². The average Bonchev–Trinajstić information content (AvgIpc) is 2.66. The lowest BCUT2D eigenvalue weighted by Gasteiger charge is -2.20. The summed E-state index contributed by atoms with van der Waals surface area (Å²) in [6, 6.07) is 8.04. The number of halogens is 1. The van der Waals surface area contributed by atoms with E-state index >= 15 is 0 Å². The minimum Gasteiger partial charge on any atom is -0.493 e. The summed E-state index contributed by atoms with van der Waals surface area (Å²) in [5.74, 6) is -0.444. The number of benzene rings is 2. The summed E-state index contributed by atoms with van der Waals surface area (Å²) in [4.78, 5) is 12.4. The fourth-order valence-electron chi connectivity index (χ4n) is 2.67. The van der Waals surface area contributed by atoms with Crippen molar-refractivity contribution in [2.45, 2.75) is 4.90 Å². The van der Waals surface area contributed by atoms with Crippen LogP contribution in [0.1, 0.15) is 15.9 Å². The Morgan fingerprint density at radius 1 is 1.07 bits per heavy atom. The van der Waals surface area contributed by atoms with E-state index in [4.69, 9.17) is 9.47 Å². The van der Waals surface area contributed by atoms with Gasteiger partial charge in [0, 0.05) is 11.1 Å². The molecule has 1 aliphatic rings. The third-order valence-electron chi connectivity index (χ3n) is 4.03. The highest BCUT2D eigenvalue weighted by molar-refractivity contribution is 7.91. The second-order valence-corrected chi connectivity index (χ2v) is 7.69. The number of hydrogen-bond donors (Lipinski definition) is 2. The lowest BCUT2D eigenvalue weighted by Crippen LogP contribution is -2.37. The number of methoxy groups -OCH3 is 2. The van der Waals surface area contributed by atoms with Crippen LogP contribution in [0.4, 0.5) is 4.39 Å². The molecule has 0 atom stereocenters. The Bertz CT molecular complexity index is 1030. The highest BCUT2D eigenvalue weighted by Crippen LogP contribution is 2.29. The molecule has 1 amide bonds. The van der Waals surface area contributed by atoms with Crippen LogP contribution in [-0.2, 0) is 9.84 Å². The first-order chi connectivity index (χ1) is 12.9. The lowest BCUT2D eigenvalue weighted by atomic mass is 10.1. The van der Waals surface area contributed by atoms with Crippen LogP contribution < -0.4 is 20.3 Å². The Morgan fingerprint density at radius 3 is 2.52 bits per heavy atom. The zero-order chi connectivity index (χ0) is 19.6. The number of sulfone groups is 1. The van der Waals surface area contributed by atoms with E-state index in [1.54, 1.807) is 12.1 Å². The van der Waals surface area contributed by atoms with Crippen molar-refractivity contribution in [1.29, 1.82) is 0 Å². The number of hydrogen-bond acceptors (Lipinski definition) is 6. The summed E-state index contributed by atoms with van der Waals surface area (Å²) in [7, 11) is -0.585.